The molecule has 2 aromatic rings. The second-order valence-corrected chi connectivity index (χ2v) is 5.39. The van der Waals surface area contributed by atoms with Crippen LogP contribution in [0.2, 0.25) is 0 Å². The van der Waals surface area contributed by atoms with Gasteiger partial charge in [-0.2, -0.15) is 0 Å². The zero-order chi connectivity index (χ0) is 15.2. The van der Waals surface area contributed by atoms with Crippen LogP contribution < -0.4 is 14.2 Å². The molecule has 0 aromatic heterocycles. The van der Waals surface area contributed by atoms with Crippen LogP contribution in [0.25, 0.3) is 0 Å². The minimum atomic E-state index is 0.0500. The van der Waals surface area contributed by atoms with Gasteiger partial charge in [-0.05, 0) is 30.7 Å². The van der Waals surface area contributed by atoms with E-state index in [9.17, 15) is 0 Å². The fourth-order valence-corrected chi connectivity index (χ4v) is 2.79. The second-order valence-electron chi connectivity index (χ2n) is 4.47. The molecule has 4 heteroatoms. The van der Waals surface area contributed by atoms with Crippen LogP contribution >= 0.6 is 15.9 Å². The molecule has 2 rings (SSSR count). The van der Waals surface area contributed by atoms with Gasteiger partial charge in [-0.25, -0.2) is 0 Å². The van der Waals surface area contributed by atoms with Gasteiger partial charge < -0.3 is 14.2 Å². The highest BCUT2D eigenvalue weighted by Crippen LogP contribution is 2.38. The van der Waals surface area contributed by atoms with Gasteiger partial charge in [0.05, 0.1) is 25.7 Å². The second kappa shape index (κ2) is 7.36. The number of halogens is 1. The lowest BCUT2D eigenvalue weighted by atomic mass is 10.0. The first-order valence-electron chi connectivity index (χ1n) is 6.78. The van der Waals surface area contributed by atoms with Gasteiger partial charge in [0, 0.05) is 11.6 Å². The van der Waals surface area contributed by atoms with Crippen molar-refractivity contribution in [2.75, 3.05) is 20.8 Å². The summed E-state index contributed by atoms with van der Waals surface area (Å²) < 4.78 is 16.2. The Kier molecular flexibility index (Phi) is 5.51. The summed E-state index contributed by atoms with van der Waals surface area (Å²) in [6.07, 6.45) is 0. The van der Waals surface area contributed by atoms with Gasteiger partial charge in [-0.1, -0.05) is 34.1 Å². The van der Waals surface area contributed by atoms with Gasteiger partial charge in [0.2, 0.25) is 0 Å². The maximum Gasteiger partial charge on any atom is 0.127 e. The van der Waals surface area contributed by atoms with Gasteiger partial charge in [-0.3, -0.25) is 0 Å². The lowest BCUT2D eigenvalue weighted by molar-refractivity contribution is 0.340. The molecule has 1 unspecified atom stereocenters. The smallest absolute Gasteiger partial charge is 0.127 e. The average Bonchev–Trinajstić information content (AvgIpc) is 2.54. The summed E-state index contributed by atoms with van der Waals surface area (Å²) in [6, 6.07) is 13.9. The van der Waals surface area contributed by atoms with Crippen molar-refractivity contribution in [1.29, 1.82) is 0 Å². The van der Waals surface area contributed by atoms with Gasteiger partial charge in [0.25, 0.3) is 0 Å². The molecule has 0 spiro atoms. The van der Waals surface area contributed by atoms with Crippen LogP contribution in [0.1, 0.15) is 22.9 Å². The normalized spacial score (nSPS) is 11.8. The number of rotatable bonds is 6. The van der Waals surface area contributed by atoms with Crippen molar-refractivity contribution < 1.29 is 14.2 Å². The van der Waals surface area contributed by atoms with E-state index in [2.05, 4.69) is 15.9 Å². The molecule has 0 aliphatic rings. The Morgan fingerprint density at radius 1 is 0.952 bits per heavy atom. The highest BCUT2D eigenvalue weighted by molar-refractivity contribution is 9.09. The van der Waals surface area contributed by atoms with E-state index in [1.165, 1.54) is 0 Å². The molecule has 0 N–H and O–H groups in total. The van der Waals surface area contributed by atoms with Crippen LogP contribution in [-0.4, -0.2) is 20.8 Å². The zero-order valence-corrected chi connectivity index (χ0v) is 14.0. The van der Waals surface area contributed by atoms with Crippen molar-refractivity contribution in [3.63, 3.8) is 0 Å². The van der Waals surface area contributed by atoms with Gasteiger partial charge >= 0.3 is 0 Å². The van der Waals surface area contributed by atoms with Crippen LogP contribution in [0.3, 0.4) is 0 Å². The molecule has 0 saturated carbocycles. The first kappa shape index (κ1) is 15.7. The van der Waals surface area contributed by atoms with Crippen molar-refractivity contribution in [2.24, 2.45) is 0 Å². The van der Waals surface area contributed by atoms with Crippen molar-refractivity contribution in [3.8, 4) is 17.2 Å². The molecule has 0 aliphatic carbocycles. The summed E-state index contributed by atoms with van der Waals surface area (Å²) in [5.74, 6) is 2.45. The summed E-state index contributed by atoms with van der Waals surface area (Å²) in [6.45, 7) is 2.65. The first-order valence-corrected chi connectivity index (χ1v) is 7.70. The maximum absolute atomic E-state index is 5.46. The predicted octanol–water partition coefficient (Wildman–Crippen LogP) is 4.59. The fraction of sp³-hybridized carbons (Fsp3) is 0.294. The molecular formula is C17H19BrO3. The van der Waals surface area contributed by atoms with Crippen LogP contribution in [0.5, 0.6) is 17.2 Å². The minimum Gasteiger partial charge on any atom is -0.497 e. The van der Waals surface area contributed by atoms with Crippen LogP contribution in [0.15, 0.2) is 42.5 Å². The zero-order valence-electron chi connectivity index (χ0n) is 12.4. The molecule has 1 atom stereocenters. The lowest BCUT2D eigenvalue weighted by Crippen LogP contribution is -1.98. The molecule has 0 radical (unpaired) electrons. The largest absolute Gasteiger partial charge is 0.497 e. The Balaban J connectivity index is 2.28. The number of benzene rings is 2. The van der Waals surface area contributed by atoms with Crippen molar-refractivity contribution >= 4 is 15.9 Å². The number of ether oxygens (including phenoxy) is 3. The van der Waals surface area contributed by atoms with Crippen LogP contribution in [0.4, 0.5) is 0 Å². The van der Waals surface area contributed by atoms with E-state index >= 15 is 0 Å². The van der Waals surface area contributed by atoms with Crippen molar-refractivity contribution in [3.05, 3.63) is 53.6 Å². The number of hydrogen-bond acceptors (Lipinski definition) is 3. The van der Waals surface area contributed by atoms with E-state index in [-0.39, 0.29) is 4.83 Å². The highest BCUT2D eigenvalue weighted by atomic mass is 79.9. The molecular weight excluding hydrogens is 332 g/mol. The van der Waals surface area contributed by atoms with E-state index in [4.69, 9.17) is 14.2 Å². The topological polar surface area (TPSA) is 27.7 Å². The molecule has 0 heterocycles. The van der Waals surface area contributed by atoms with Crippen molar-refractivity contribution in [2.45, 2.75) is 11.8 Å². The molecule has 21 heavy (non-hydrogen) atoms. The lowest BCUT2D eigenvalue weighted by Gasteiger charge is -2.16. The standard InChI is InChI=1S/C17H19BrO3/c1-4-21-13-7-5-12(6-8-13)17(18)15-10-9-14(19-2)11-16(15)20-3/h5-11,17H,4H2,1-3H3. The number of methoxy groups -OCH3 is 2. The quantitative estimate of drug-likeness (QED) is 0.713. The molecule has 0 fully saturated rings. The number of hydrogen-bond donors (Lipinski definition) is 0. The minimum absolute atomic E-state index is 0.0500. The SMILES string of the molecule is CCOc1ccc(C(Br)c2ccc(OC)cc2OC)cc1. The Labute approximate surface area is 134 Å². The van der Waals surface area contributed by atoms with Gasteiger partial charge in [0.1, 0.15) is 17.2 Å². The summed E-state index contributed by atoms with van der Waals surface area (Å²) in [5.41, 5.74) is 2.20. The maximum atomic E-state index is 5.46. The molecule has 0 aliphatic heterocycles. The molecule has 0 saturated heterocycles. The van der Waals surface area contributed by atoms with Gasteiger partial charge in [-0.15, -0.1) is 0 Å². The van der Waals surface area contributed by atoms with Crippen LogP contribution in [-0.2, 0) is 0 Å². The third kappa shape index (κ3) is 3.70. The third-order valence-corrected chi connectivity index (χ3v) is 4.22. The van der Waals surface area contributed by atoms with E-state index in [0.717, 1.165) is 28.4 Å². The summed E-state index contributed by atoms with van der Waals surface area (Å²) >= 11 is 3.73. The molecule has 112 valence electrons. The van der Waals surface area contributed by atoms with E-state index in [1.54, 1.807) is 14.2 Å². The molecule has 0 bridgehead atoms. The summed E-state index contributed by atoms with van der Waals surface area (Å²) in [4.78, 5) is 0.0500. The fourth-order valence-electron chi connectivity index (χ4n) is 2.11. The predicted molar refractivity (Wildman–Crippen MR) is 87.9 cm³/mol. The summed E-state index contributed by atoms with van der Waals surface area (Å²) in [5, 5.41) is 0. The van der Waals surface area contributed by atoms with E-state index in [1.807, 2.05) is 49.4 Å². The van der Waals surface area contributed by atoms with E-state index < -0.39 is 0 Å². The third-order valence-electron chi connectivity index (χ3n) is 3.20. The highest BCUT2D eigenvalue weighted by Gasteiger charge is 2.16. The van der Waals surface area contributed by atoms with Gasteiger partial charge in [0.15, 0.2) is 0 Å². The number of alkyl halides is 1. The molecule has 3 nitrogen and oxygen atoms in total. The van der Waals surface area contributed by atoms with E-state index in [0.29, 0.717) is 6.61 Å². The molecule has 2 aromatic carbocycles. The molecule has 0 amide bonds. The Morgan fingerprint density at radius 2 is 1.62 bits per heavy atom. The Morgan fingerprint density at radius 3 is 2.19 bits per heavy atom. The Bertz CT molecular complexity index is 581. The van der Waals surface area contributed by atoms with Crippen LogP contribution in [0, 0.1) is 0 Å². The van der Waals surface area contributed by atoms with Crippen molar-refractivity contribution in [1.82, 2.24) is 0 Å². The average molecular weight is 351 g/mol. The monoisotopic (exact) mass is 350 g/mol. The Hall–Kier alpha value is -1.68. The summed E-state index contributed by atoms with van der Waals surface area (Å²) in [7, 11) is 3.31. The first-order chi connectivity index (χ1) is 10.2.